The molecule has 0 aliphatic rings. The van der Waals surface area contributed by atoms with Gasteiger partial charge in [0.2, 0.25) is 11.6 Å². The summed E-state index contributed by atoms with van der Waals surface area (Å²) in [5.41, 5.74) is 1.86. The minimum Gasteiger partial charge on any atom is -0.485 e. The number of thiazole rings is 1. The van der Waals surface area contributed by atoms with Gasteiger partial charge in [-0.05, 0) is 46.1 Å². The Labute approximate surface area is 212 Å². The van der Waals surface area contributed by atoms with E-state index in [1.807, 2.05) is 19.0 Å². The number of aromatic nitrogens is 4. The number of fused-ring (bicyclic) bond motifs is 1. The zero-order chi connectivity index (χ0) is 26.0. The first-order valence-electron chi connectivity index (χ1n) is 10.9. The van der Waals surface area contributed by atoms with Gasteiger partial charge in [0, 0.05) is 30.1 Å². The van der Waals surface area contributed by atoms with E-state index in [0.29, 0.717) is 40.6 Å². The molecule has 0 unspecified atom stereocenters. The van der Waals surface area contributed by atoms with Crippen molar-refractivity contribution in [1.82, 2.24) is 24.3 Å². The van der Waals surface area contributed by atoms with Gasteiger partial charge < -0.3 is 14.4 Å². The highest BCUT2D eigenvalue weighted by Crippen LogP contribution is 2.32. The highest BCUT2D eigenvalue weighted by molar-refractivity contribution is 7.94. The number of nitrogens with zero attached hydrogens (tertiary/aromatic N) is 5. The van der Waals surface area contributed by atoms with Crippen molar-refractivity contribution < 1.29 is 17.9 Å². The van der Waals surface area contributed by atoms with Gasteiger partial charge in [-0.1, -0.05) is 0 Å². The Kier molecular flexibility index (Phi) is 7.24. The molecular formula is C23H26N6O5S2. The molecule has 0 aliphatic heterocycles. The van der Waals surface area contributed by atoms with Crippen LogP contribution in [0.4, 0.5) is 5.69 Å². The molecule has 4 aromatic rings. The van der Waals surface area contributed by atoms with Gasteiger partial charge in [0.25, 0.3) is 15.6 Å². The number of rotatable bonds is 9. The van der Waals surface area contributed by atoms with Gasteiger partial charge >= 0.3 is 0 Å². The maximum atomic E-state index is 13.0. The van der Waals surface area contributed by atoms with E-state index in [-0.39, 0.29) is 27.1 Å². The lowest BCUT2D eigenvalue weighted by atomic mass is 10.1. The zero-order valence-electron chi connectivity index (χ0n) is 20.5. The zero-order valence-corrected chi connectivity index (χ0v) is 22.1. The van der Waals surface area contributed by atoms with Gasteiger partial charge in [-0.25, -0.2) is 23.4 Å². The van der Waals surface area contributed by atoms with Crippen LogP contribution < -0.4 is 19.8 Å². The van der Waals surface area contributed by atoms with E-state index in [1.165, 1.54) is 23.9 Å². The van der Waals surface area contributed by atoms with E-state index in [9.17, 15) is 13.2 Å². The molecule has 4 aromatic heterocycles. The number of anilines is 1. The van der Waals surface area contributed by atoms with Crippen LogP contribution in [0, 0.1) is 13.8 Å². The molecule has 0 saturated heterocycles. The highest BCUT2D eigenvalue weighted by Gasteiger charge is 2.23. The molecule has 0 fully saturated rings. The number of likely N-dealkylation sites (N-methyl/N-ethyl adjacent to an activating group) is 1. The van der Waals surface area contributed by atoms with Crippen LogP contribution in [0.5, 0.6) is 11.6 Å². The quantitative estimate of drug-likeness (QED) is 0.347. The molecule has 4 rings (SSSR count). The summed E-state index contributed by atoms with van der Waals surface area (Å²) in [6.45, 7) is 4.39. The maximum Gasteiger partial charge on any atom is 0.300 e. The first-order chi connectivity index (χ1) is 17.1. The summed E-state index contributed by atoms with van der Waals surface area (Å²) in [4.78, 5) is 27.7. The van der Waals surface area contributed by atoms with E-state index in [1.54, 1.807) is 38.2 Å². The second-order valence-corrected chi connectivity index (χ2v) is 11.3. The number of sulfonamides is 1. The maximum absolute atomic E-state index is 13.0. The van der Waals surface area contributed by atoms with Crippen LogP contribution in [0.3, 0.4) is 0 Å². The van der Waals surface area contributed by atoms with E-state index in [4.69, 9.17) is 9.47 Å². The predicted molar refractivity (Wildman–Crippen MR) is 138 cm³/mol. The average molecular weight is 531 g/mol. The van der Waals surface area contributed by atoms with Crippen LogP contribution in [-0.4, -0.2) is 67.0 Å². The Morgan fingerprint density at radius 3 is 2.58 bits per heavy atom. The van der Waals surface area contributed by atoms with Crippen LogP contribution in [-0.2, 0) is 10.0 Å². The number of pyridine rings is 2. The predicted octanol–water partition coefficient (Wildman–Crippen LogP) is 2.58. The van der Waals surface area contributed by atoms with Crippen molar-refractivity contribution in [3.05, 3.63) is 57.8 Å². The van der Waals surface area contributed by atoms with Crippen molar-refractivity contribution in [3.8, 4) is 22.8 Å². The third-order valence-electron chi connectivity index (χ3n) is 5.19. The molecule has 13 heteroatoms. The Balaban J connectivity index is 1.71. The number of aryl methyl sites for hydroxylation is 2. The van der Waals surface area contributed by atoms with Crippen LogP contribution in [0.25, 0.3) is 16.8 Å². The van der Waals surface area contributed by atoms with Crippen molar-refractivity contribution >= 4 is 32.7 Å². The summed E-state index contributed by atoms with van der Waals surface area (Å²) >= 11 is 1.08. The molecule has 0 aliphatic carbocycles. The summed E-state index contributed by atoms with van der Waals surface area (Å²) in [6.07, 6.45) is 4.57. The third kappa shape index (κ3) is 5.32. The number of ether oxygens (including phenoxy) is 2. The molecule has 0 saturated carbocycles. The smallest absolute Gasteiger partial charge is 0.300 e. The molecule has 36 heavy (non-hydrogen) atoms. The first-order valence-corrected chi connectivity index (χ1v) is 13.2. The SMILES string of the molecule is COc1ncc(-c2ccc3ncc(OCCN(C)C)c(=O)n3c2)cc1NS(=O)(=O)c1sc(C)nc1C. The van der Waals surface area contributed by atoms with Crippen molar-refractivity contribution in [2.75, 3.05) is 39.1 Å². The molecular weight excluding hydrogens is 504 g/mol. The Morgan fingerprint density at radius 2 is 1.92 bits per heavy atom. The number of nitrogens with one attached hydrogen (secondary N) is 1. The van der Waals surface area contributed by atoms with Gasteiger partial charge in [0.1, 0.15) is 17.9 Å². The topological polar surface area (TPSA) is 128 Å². The van der Waals surface area contributed by atoms with Crippen LogP contribution in [0.1, 0.15) is 10.7 Å². The van der Waals surface area contributed by atoms with Gasteiger partial charge in [0.05, 0.1) is 24.0 Å². The van der Waals surface area contributed by atoms with Crippen molar-refractivity contribution in [3.63, 3.8) is 0 Å². The summed E-state index contributed by atoms with van der Waals surface area (Å²) in [6, 6.07) is 5.06. The minimum atomic E-state index is -3.92. The molecule has 190 valence electrons. The van der Waals surface area contributed by atoms with Gasteiger partial charge in [-0.3, -0.25) is 13.9 Å². The van der Waals surface area contributed by atoms with Crippen LogP contribution in [0.15, 0.2) is 45.8 Å². The Bertz CT molecular complexity index is 1580. The third-order valence-corrected chi connectivity index (χ3v) is 8.24. The van der Waals surface area contributed by atoms with E-state index < -0.39 is 10.0 Å². The molecule has 1 N–H and O–H groups in total. The van der Waals surface area contributed by atoms with Crippen molar-refractivity contribution in [1.29, 1.82) is 0 Å². The van der Waals surface area contributed by atoms with Crippen LogP contribution in [0.2, 0.25) is 0 Å². The molecule has 0 spiro atoms. The first kappa shape index (κ1) is 25.5. The second kappa shape index (κ2) is 10.2. The van der Waals surface area contributed by atoms with E-state index in [2.05, 4.69) is 19.7 Å². The number of methoxy groups -OCH3 is 1. The Hall–Kier alpha value is -3.55. The minimum absolute atomic E-state index is 0.109. The fraction of sp³-hybridized carbons (Fsp3) is 0.304. The monoisotopic (exact) mass is 530 g/mol. The summed E-state index contributed by atoms with van der Waals surface area (Å²) < 4.78 is 41.0. The normalized spacial score (nSPS) is 11.7. The van der Waals surface area contributed by atoms with Crippen LogP contribution >= 0.6 is 11.3 Å². The molecule has 0 aromatic carbocycles. The van der Waals surface area contributed by atoms with E-state index in [0.717, 1.165) is 11.3 Å². The summed E-state index contributed by atoms with van der Waals surface area (Å²) in [5.74, 6) is 0.250. The fourth-order valence-electron chi connectivity index (χ4n) is 3.47. The van der Waals surface area contributed by atoms with Crippen molar-refractivity contribution in [2.45, 2.75) is 18.1 Å². The lowest BCUT2D eigenvalue weighted by Crippen LogP contribution is -2.23. The van der Waals surface area contributed by atoms with Gasteiger partial charge in [-0.2, -0.15) is 0 Å². The van der Waals surface area contributed by atoms with Gasteiger partial charge in [0.15, 0.2) is 4.21 Å². The fourth-order valence-corrected chi connectivity index (χ4v) is 6.00. The largest absolute Gasteiger partial charge is 0.485 e. The molecule has 0 bridgehead atoms. The lowest BCUT2D eigenvalue weighted by molar-refractivity contribution is 0.257. The molecule has 4 heterocycles. The van der Waals surface area contributed by atoms with E-state index >= 15 is 0 Å². The standard InChI is InChI=1S/C23H26N6O5S2/c1-14-23(35-15(2)26-14)36(31,32)27-18-10-17(11-25-21(18)33-5)16-6-7-20-24-12-19(22(30)29(20)13-16)34-9-8-28(3)4/h6-7,10-13,27H,8-9H2,1-5H3. The van der Waals surface area contributed by atoms with Gasteiger partial charge in [-0.15, -0.1) is 11.3 Å². The Morgan fingerprint density at radius 1 is 1.14 bits per heavy atom. The highest BCUT2D eigenvalue weighted by atomic mass is 32.2. The number of hydrogen-bond donors (Lipinski definition) is 1. The molecule has 0 radical (unpaired) electrons. The summed E-state index contributed by atoms with van der Waals surface area (Å²) in [7, 11) is 1.32. The molecule has 0 amide bonds. The second-order valence-electron chi connectivity index (χ2n) is 8.22. The molecule has 11 nitrogen and oxygen atoms in total. The summed E-state index contributed by atoms with van der Waals surface area (Å²) in [5, 5.41) is 0.645. The average Bonchev–Trinajstić information content (AvgIpc) is 3.18. The lowest BCUT2D eigenvalue weighted by Gasteiger charge is -2.13. The van der Waals surface area contributed by atoms with Crippen molar-refractivity contribution in [2.24, 2.45) is 0 Å². The number of hydrogen-bond acceptors (Lipinski definition) is 10. The molecule has 0 atom stereocenters.